The highest BCUT2D eigenvalue weighted by molar-refractivity contribution is 14.0. The van der Waals surface area contributed by atoms with Crippen LogP contribution in [0.4, 0.5) is 0 Å². The number of hydrogen-bond donors (Lipinski definition) is 1. The molecule has 0 aliphatic carbocycles. The first-order valence-electron chi connectivity index (χ1n) is 9.47. The number of carbonyl (C=O) groups excluding carboxylic acids is 1. The molecule has 1 saturated heterocycles. The Balaban J connectivity index is 0.00000364. The minimum atomic E-state index is 0. The van der Waals surface area contributed by atoms with Gasteiger partial charge in [0.25, 0.3) is 0 Å². The van der Waals surface area contributed by atoms with Crippen molar-refractivity contribution in [1.82, 2.24) is 15.1 Å². The first kappa shape index (κ1) is 23.5. The van der Waals surface area contributed by atoms with Crippen molar-refractivity contribution in [3.63, 3.8) is 0 Å². The minimum absolute atomic E-state index is 0. The molecule has 1 aliphatic rings. The van der Waals surface area contributed by atoms with Gasteiger partial charge < -0.3 is 19.9 Å². The lowest BCUT2D eigenvalue weighted by atomic mass is 10.00. The molecule has 0 aromatic heterocycles. The van der Waals surface area contributed by atoms with Crippen molar-refractivity contribution in [2.75, 3.05) is 46.9 Å². The second-order valence-corrected chi connectivity index (χ2v) is 6.89. The summed E-state index contributed by atoms with van der Waals surface area (Å²) in [7, 11) is 3.73. The van der Waals surface area contributed by atoms with Crippen LogP contribution in [0.3, 0.4) is 0 Å². The summed E-state index contributed by atoms with van der Waals surface area (Å²) >= 11 is 0. The van der Waals surface area contributed by atoms with Crippen molar-refractivity contribution in [3.8, 4) is 5.75 Å². The number of piperidine rings is 1. The van der Waals surface area contributed by atoms with Crippen molar-refractivity contribution in [2.24, 2.45) is 10.9 Å². The van der Waals surface area contributed by atoms with Gasteiger partial charge in [-0.15, -0.1) is 24.0 Å². The molecule has 1 unspecified atom stereocenters. The van der Waals surface area contributed by atoms with Gasteiger partial charge in [0.2, 0.25) is 5.91 Å². The van der Waals surface area contributed by atoms with E-state index in [-0.39, 0.29) is 29.9 Å². The van der Waals surface area contributed by atoms with Gasteiger partial charge in [0, 0.05) is 40.2 Å². The molecular weight excluding hydrogens is 455 g/mol. The highest BCUT2D eigenvalue weighted by Gasteiger charge is 2.20. The Hall–Kier alpha value is -1.51. The summed E-state index contributed by atoms with van der Waals surface area (Å²) in [5, 5.41) is 3.27. The lowest BCUT2D eigenvalue weighted by molar-refractivity contribution is -0.132. The molecule has 1 heterocycles. The van der Waals surface area contributed by atoms with E-state index in [0.717, 1.165) is 31.2 Å². The molecule has 1 atom stereocenters. The van der Waals surface area contributed by atoms with E-state index in [0.29, 0.717) is 32.0 Å². The number of ether oxygens (including phenoxy) is 1. The predicted octanol–water partition coefficient (Wildman–Crippen LogP) is 2.84. The van der Waals surface area contributed by atoms with Crippen molar-refractivity contribution in [3.05, 3.63) is 30.3 Å². The van der Waals surface area contributed by atoms with Gasteiger partial charge in [-0.3, -0.25) is 9.79 Å². The van der Waals surface area contributed by atoms with E-state index in [9.17, 15) is 4.79 Å². The molecule has 0 radical (unpaired) electrons. The maximum Gasteiger partial charge on any atom is 0.224 e. The Kier molecular flexibility index (Phi) is 11.2. The van der Waals surface area contributed by atoms with Crippen LogP contribution in [-0.2, 0) is 4.79 Å². The first-order valence-corrected chi connectivity index (χ1v) is 9.47. The van der Waals surface area contributed by atoms with Gasteiger partial charge in [-0.25, -0.2) is 0 Å². The Morgan fingerprint density at radius 3 is 2.78 bits per heavy atom. The SMILES string of the molecule is CN=C(NCCC(=O)N1CCCC(C)C1)N(C)CCOc1ccccc1.I. The summed E-state index contributed by atoms with van der Waals surface area (Å²) in [6.07, 6.45) is 2.84. The lowest BCUT2D eigenvalue weighted by Crippen LogP contribution is -2.43. The molecule has 0 saturated carbocycles. The van der Waals surface area contributed by atoms with E-state index in [1.807, 2.05) is 47.2 Å². The zero-order valence-corrected chi connectivity index (χ0v) is 19.0. The number of nitrogens with zero attached hydrogens (tertiary/aromatic N) is 3. The van der Waals surface area contributed by atoms with Crippen LogP contribution in [0, 0.1) is 5.92 Å². The molecule has 1 aliphatic heterocycles. The number of benzene rings is 1. The topological polar surface area (TPSA) is 57.2 Å². The number of guanidine groups is 1. The predicted molar refractivity (Wildman–Crippen MR) is 121 cm³/mol. The van der Waals surface area contributed by atoms with Gasteiger partial charge in [-0.2, -0.15) is 0 Å². The number of amides is 1. The molecule has 1 fully saturated rings. The molecule has 7 heteroatoms. The summed E-state index contributed by atoms with van der Waals surface area (Å²) < 4.78 is 5.72. The maximum absolute atomic E-state index is 12.3. The van der Waals surface area contributed by atoms with Crippen molar-refractivity contribution < 1.29 is 9.53 Å². The third kappa shape index (κ3) is 8.36. The van der Waals surface area contributed by atoms with E-state index >= 15 is 0 Å². The smallest absolute Gasteiger partial charge is 0.224 e. The Labute approximate surface area is 180 Å². The first-order chi connectivity index (χ1) is 12.6. The van der Waals surface area contributed by atoms with E-state index in [1.54, 1.807) is 7.05 Å². The number of likely N-dealkylation sites (N-methyl/N-ethyl adjacent to an activating group) is 1. The zero-order chi connectivity index (χ0) is 18.8. The van der Waals surface area contributed by atoms with Crippen LogP contribution in [-0.4, -0.2) is 68.5 Å². The number of aliphatic imine (C=N–C) groups is 1. The van der Waals surface area contributed by atoms with E-state index in [1.165, 1.54) is 6.42 Å². The molecule has 1 aromatic carbocycles. The van der Waals surface area contributed by atoms with Crippen LogP contribution in [0.25, 0.3) is 0 Å². The molecule has 152 valence electrons. The third-order valence-electron chi connectivity index (χ3n) is 4.64. The highest BCUT2D eigenvalue weighted by Crippen LogP contribution is 2.15. The lowest BCUT2D eigenvalue weighted by Gasteiger charge is -2.31. The van der Waals surface area contributed by atoms with Gasteiger partial charge in [0.05, 0.1) is 6.54 Å². The van der Waals surface area contributed by atoms with Crippen LogP contribution < -0.4 is 10.1 Å². The number of para-hydroxylation sites is 1. The van der Waals surface area contributed by atoms with Crippen LogP contribution in [0.2, 0.25) is 0 Å². The molecule has 1 amide bonds. The monoisotopic (exact) mass is 488 g/mol. The van der Waals surface area contributed by atoms with E-state index < -0.39 is 0 Å². The van der Waals surface area contributed by atoms with Gasteiger partial charge in [0.1, 0.15) is 12.4 Å². The Morgan fingerprint density at radius 1 is 1.37 bits per heavy atom. The summed E-state index contributed by atoms with van der Waals surface area (Å²) in [4.78, 5) is 20.6. The second kappa shape index (κ2) is 12.8. The number of carbonyl (C=O) groups is 1. The molecular formula is C20H33IN4O2. The van der Waals surface area contributed by atoms with Gasteiger partial charge >= 0.3 is 0 Å². The highest BCUT2D eigenvalue weighted by atomic mass is 127. The van der Waals surface area contributed by atoms with Crippen molar-refractivity contribution >= 4 is 35.8 Å². The normalized spacial score (nSPS) is 17.1. The van der Waals surface area contributed by atoms with E-state index in [4.69, 9.17) is 4.74 Å². The molecule has 1 aromatic rings. The molecule has 0 spiro atoms. The average molecular weight is 488 g/mol. The van der Waals surface area contributed by atoms with Crippen molar-refractivity contribution in [1.29, 1.82) is 0 Å². The summed E-state index contributed by atoms with van der Waals surface area (Å²) in [6, 6.07) is 9.77. The fourth-order valence-electron chi connectivity index (χ4n) is 3.16. The van der Waals surface area contributed by atoms with Crippen LogP contribution in [0.5, 0.6) is 5.75 Å². The van der Waals surface area contributed by atoms with Crippen LogP contribution in [0.1, 0.15) is 26.2 Å². The zero-order valence-electron chi connectivity index (χ0n) is 16.7. The van der Waals surface area contributed by atoms with Crippen LogP contribution in [0.15, 0.2) is 35.3 Å². The summed E-state index contributed by atoms with van der Waals surface area (Å²) in [5.74, 6) is 2.49. The number of rotatable bonds is 7. The van der Waals surface area contributed by atoms with E-state index in [2.05, 4.69) is 17.2 Å². The summed E-state index contributed by atoms with van der Waals surface area (Å²) in [5.41, 5.74) is 0. The molecule has 2 rings (SSSR count). The molecule has 27 heavy (non-hydrogen) atoms. The standard InChI is InChI=1S/C20H32N4O2.HI/c1-17-8-7-13-24(16-17)19(25)11-12-22-20(21-2)23(3)14-15-26-18-9-5-4-6-10-18;/h4-6,9-10,17H,7-8,11-16H2,1-3H3,(H,21,22);1H. The number of hydrogen-bond acceptors (Lipinski definition) is 3. The molecule has 0 bridgehead atoms. The minimum Gasteiger partial charge on any atom is -0.492 e. The molecule has 6 nitrogen and oxygen atoms in total. The third-order valence-corrected chi connectivity index (χ3v) is 4.64. The van der Waals surface area contributed by atoms with Crippen molar-refractivity contribution in [2.45, 2.75) is 26.2 Å². The molecule has 1 N–H and O–H groups in total. The Bertz CT molecular complexity index is 583. The fraction of sp³-hybridized carbons (Fsp3) is 0.600. The van der Waals surface area contributed by atoms with Gasteiger partial charge in [-0.05, 0) is 30.9 Å². The summed E-state index contributed by atoms with van der Waals surface area (Å²) in [6.45, 7) is 5.89. The Morgan fingerprint density at radius 2 is 2.11 bits per heavy atom. The van der Waals surface area contributed by atoms with Crippen LogP contribution >= 0.6 is 24.0 Å². The fourth-order valence-corrected chi connectivity index (χ4v) is 3.16. The van der Waals surface area contributed by atoms with Gasteiger partial charge in [-0.1, -0.05) is 25.1 Å². The number of nitrogens with one attached hydrogen (secondary N) is 1. The number of likely N-dealkylation sites (tertiary alicyclic amines) is 1. The largest absolute Gasteiger partial charge is 0.492 e. The second-order valence-electron chi connectivity index (χ2n) is 6.89. The average Bonchev–Trinajstić information content (AvgIpc) is 2.66. The quantitative estimate of drug-likeness (QED) is 0.365. The maximum atomic E-state index is 12.3. The van der Waals surface area contributed by atoms with Gasteiger partial charge in [0.15, 0.2) is 5.96 Å². The number of halogens is 1.